The monoisotopic (exact) mass is 160 g/mol. The van der Waals surface area contributed by atoms with Gasteiger partial charge in [-0.25, -0.2) is 0 Å². The van der Waals surface area contributed by atoms with E-state index >= 15 is 0 Å². The van der Waals surface area contributed by atoms with Gasteiger partial charge in [0, 0.05) is 0 Å². The quantitative estimate of drug-likeness (QED) is 0.377. The molecule has 0 unspecified atom stereocenters. The van der Waals surface area contributed by atoms with Crippen LogP contribution in [0.15, 0.2) is 0 Å². The van der Waals surface area contributed by atoms with Crippen molar-refractivity contribution in [2.24, 2.45) is 0 Å². The molecule has 0 aromatic heterocycles. The van der Waals surface area contributed by atoms with Gasteiger partial charge < -0.3 is 15.5 Å². The van der Waals surface area contributed by atoms with Crippen LogP contribution >= 0.6 is 0 Å². The molecular weight excluding hydrogens is 138 g/mol. The van der Waals surface area contributed by atoms with E-state index in [9.17, 15) is 0 Å². The van der Waals surface area contributed by atoms with Gasteiger partial charge in [0.1, 0.15) is 39.3 Å². The smallest absolute Gasteiger partial charge is 0.127 e. The van der Waals surface area contributed by atoms with E-state index in [2.05, 4.69) is 12.7 Å². The first-order valence-corrected chi connectivity index (χ1v) is 4.83. The zero-order valence-electron chi connectivity index (χ0n) is 7.66. The molecule has 1 aliphatic rings. The van der Waals surface area contributed by atoms with Gasteiger partial charge in [-0.3, -0.25) is 0 Å². The lowest BCUT2D eigenvalue weighted by molar-refractivity contribution is -1.01. The summed E-state index contributed by atoms with van der Waals surface area (Å²) in [6, 6.07) is 0. The highest BCUT2D eigenvalue weighted by Gasteiger charge is 2.20. The second kappa shape index (κ2) is 4.70. The SMILES string of the molecule is CC[NH+]1CC[NH+](CC[NH3+])CC1. The Balaban J connectivity index is 2.14. The third kappa shape index (κ3) is 2.77. The highest BCUT2D eigenvalue weighted by molar-refractivity contribution is 4.36. The Morgan fingerprint density at radius 3 is 2.09 bits per heavy atom. The summed E-state index contributed by atoms with van der Waals surface area (Å²) in [6.07, 6.45) is 0. The number of rotatable bonds is 3. The van der Waals surface area contributed by atoms with Crippen molar-refractivity contribution in [2.45, 2.75) is 6.92 Å². The van der Waals surface area contributed by atoms with Crippen LogP contribution < -0.4 is 15.5 Å². The number of quaternary nitrogens is 3. The first-order chi connectivity index (χ1) is 5.36. The molecule has 0 saturated carbocycles. The van der Waals surface area contributed by atoms with Crippen molar-refractivity contribution < 1.29 is 15.5 Å². The fourth-order valence-corrected chi connectivity index (χ4v) is 1.81. The highest BCUT2D eigenvalue weighted by atomic mass is 15.3. The van der Waals surface area contributed by atoms with Crippen LogP contribution in [0, 0.1) is 0 Å². The van der Waals surface area contributed by atoms with Gasteiger partial charge in [-0.05, 0) is 6.92 Å². The molecule has 1 aliphatic heterocycles. The van der Waals surface area contributed by atoms with Crippen molar-refractivity contribution in [1.29, 1.82) is 0 Å². The summed E-state index contributed by atoms with van der Waals surface area (Å²) < 4.78 is 0. The maximum atomic E-state index is 3.89. The van der Waals surface area contributed by atoms with Gasteiger partial charge in [0.25, 0.3) is 0 Å². The van der Waals surface area contributed by atoms with Crippen molar-refractivity contribution in [2.75, 3.05) is 45.8 Å². The van der Waals surface area contributed by atoms with Crippen LogP contribution in [0.3, 0.4) is 0 Å². The minimum atomic E-state index is 1.09. The molecule has 3 heteroatoms. The average molecular weight is 160 g/mol. The van der Waals surface area contributed by atoms with Gasteiger partial charge in [0.2, 0.25) is 0 Å². The van der Waals surface area contributed by atoms with Gasteiger partial charge in [-0.15, -0.1) is 0 Å². The fourth-order valence-electron chi connectivity index (χ4n) is 1.81. The van der Waals surface area contributed by atoms with Gasteiger partial charge in [0.05, 0.1) is 6.54 Å². The molecule has 0 radical (unpaired) electrons. The molecule has 0 aromatic carbocycles. The predicted octanol–water partition coefficient (Wildman–Crippen LogP) is -3.97. The van der Waals surface area contributed by atoms with Crippen molar-refractivity contribution >= 4 is 0 Å². The topological polar surface area (TPSA) is 36.5 Å². The molecule has 1 fully saturated rings. The molecule has 0 aromatic rings. The van der Waals surface area contributed by atoms with Crippen LogP contribution in [-0.4, -0.2) is 45.8 Å². The summed E-state index contributed by atoms with van der Waals surface area (Å²) in [4.78, 5) is 3.54. The van der Waals surface area contributed by atoms with Crippen molar-refractivity contribution in [3.8, 4) is 0 Å². The molecule has 5 N–H and O–H groups in total. The van der Waals surface area contributed by atoms with E-state index in [1.54, 1.807) is 9.80 Å². The maximum Gasteiger partial charge on any atom is 0.127 e. The lowest BCUT2D eigenvalue weighted by Gasteiger charge is -2.28. The summed E-state index contributed by atoms with van der Waals surface area (Å²) in [7, 11) is 0. The number of hydrogen-bond donors (Lipinski definition) is 3. The zero-order chi connectivity index (χ0) is 8.10. The number of hydrogen-bond acceptors (Lipinski definition) is 0. The van der Waals surface area contributed by atoms with Gasteiger partial charge in [0.15, 0.2) is 0 Å². The van der Waals surface area contributed by atoms with Gasteiger partial charge in [-0.1, -0.05) is 0 Å². The lowest BCUT2D eigenvalue weighted by atomic mass is 10.3. The molecule has 66 valence electrons. The molecule has 3 nitrogen and oxygen atoms in total. The molecule has 0 bridgehead atoms. The molecule has 1 saturated heterocycles. The summed E-state index contributed by atoms with van der Waals surface area (Å²) in [5, 5.41) is 0. The van der Waals surface area contributed by atoms with E-state index in [-0.39, 0.29) is 0 Å². The van der Waals surface area contributed by atoms with Crippen LogP contribution in [0.4, 0.5) is 0 Å². The van der Waals surface area contributed by atoms with Crippen LogP contribution in [0.25, 0.3) is 0 Å². The van der Waals surface area contributed by atoms with Gasteiger partial charge >= 0.3 is 0 Å². The Hall–Kier alpha value is -0.120. The number of nitrogens with one attached hydrogen (secondary N) is 2. The van der Waals surface area contributed by atoms with E-state index in [4.69, 9.17) is 0 Å². The Labute approximate surface area is 69.1 Å². The van der Waals surface area contributed by atoms with Crippen molar-refractivity contribution in [1.82, 2.24) is 0 Å². The van der Waals surface area contributed by atoms with Crippen molar-refractivity contribution in [3.05, 3.63) is 0 Å². The first kappa shape index (κ1) is 8.97. The summed E-state index contributed by atoms with van der Waals surface area (Å²) >= 11 is 0. The maximum absolute atomic E-state index is 3.89. The molecule has 1 rings (SSSR count). The minimum Gasteiger partial charge on any atom is -0.353 e. The molecule has 0 atom stereocenters. The molecule has 0 spiro atoms. The minimum absolute atomic E-state index is 1.09. The Bertz CT molecular complexity index is 97.5. The van der Waals surface area contributed by atoms with E-state index in [1.165, 1.54) is 39.3 Å². The van der Waals surface area contributed by atoms with E-state index in [1.807, 2.05) is 0 Å². The molecular formula is C8H22N3+3. The van der Waals surface area contributed by atoms with E-state index in [0.29, 0.717) is 0 Å². The van der Waals surface area contributed by atoms with Gasteiger partial charge in [-0.2, -0.15) is 0 Å². The predicted molar refractivity (Wildman–Crippen MR) is 44.6 cm³/mol. The van der Waals surface area contributed by atoms with E-state index in [0.717, 1.165) is 6.54 Å². The van der Waals surface area contributed by atoms with Crippen LogP contribution in [0.1, 0.15) is 6.92 Å². The average Bonchev–Trinajstić information content (AvgIpc) is 2.07. The second-order valence-corrected chi connectivity index (χ2v) is 3.46. The third-order valence-electron chi connectivity index (χ3n) is 2.69. The molecule has 0 aliphatic carbocycles. The fraction of sp³-hybridized carbons (Fsp3) is 1.00. The standard InChI is InChI=1S/C8H19N3/c1-2-10-5-7-11(4-3-9)8-6-10/h2-9H2,1H3/p+3. The highest BCUT2D eigenvalue weighted by Crippen LogP contribution is 1.57. The Morgan fingerprint density at radius 1 is 1.09 bits per heavy atom. The van der Waals surface area contributed by atoms with E-state index < -0.39 is 0 Å². The number of piperazine rings is 1. The molecule has 11 heavy (non-hydrogen) atoms. The third-order valence-corrected chi connectivity index (χ3v) is 2.69. The second-order valence-electron chi connectivity index (χ2n) is 3.46. The largest absolute Gasteiger partial charge is 0.353 e. The molecule has 0 amide bonds. The van der Waals surface area contributed by atoms with Crippen molar-refractivity contribution in [3.63, 3.8) is 0 Å². The summed E-state index contributed by atoms with van der Waals surface area (Å²) in [5.41, 5.74) is 3.89. The Morgan fingerprint density at radius 2 is 1.64 bits per heavy atom. The molecule has 1 heterocycles. The van der Waals surface area contributed by atoms with Crippen LogP contribution in [0.5, 0.6) is 0 Å². The first-order valence-electron chi connectivity index (χ1n) is 4.83. The lowest BCUT2D eigenvalue weighted by Crippen LogP contribution is -3.28. The zero-order valence-corrected chi connectivity index (χ0v) is 7.66. The van der Waals surface area contributed by atoms with Crippen LogP contribution in [-0.2, 0) is 0 Å². The normalized spacial score (nSPS) is 32.2. The summed E-state index contributed by atoms with van der Waals surface area (Å²) in [5.74, 6) is 0. The number of likely N-dealkylation sites (N-methyl/N-ethyl adjacent to an activating group) is 1. The van der Waals surface area contributed by atoms with Crippen LogP contribution in [0.2, 0.25) is 0 Å². The summed E-state index contributed by atoms with van der Waals surface area (Å²) in [6.45, 7) is 11.4. The Kier molecular flexibility index (Phi) is 3.83.